The molecule has 0 bridgehead atoms. The van der Waals surface area contributed by atoms with Gasteiger partial charge >= 0.3 is 5.69 Å². The van der Waals surface area contributed by atoms with Gasteiger partial charge in [-0.15, -0.1) is 0 Å². The molecule has 2 aromatic heterocycles. The third-order valence-electron chi connectivity index (χ3n) is 6.30. The van der Waals surface area contributed by atoms with E-state index in [1.165, 1.54) is 16.7 Å². The fourth-order valence-electron chi connectivity index (χ4n) is 4.38. The van der Waals surface area contributed by atoms with Crippen molar-refractivity contribution in [3.8, 4) is 0 Å². The van der Waals surface area contributed by atoms with E-state index in [0.717, 1.165) is 37.4 Å². The van der Waals surface area contributed by atoms with Crippen LogP contribution >= 0.6 is 11.6 Å². The maximum atomic E-state index is 13.3. The van der Waals surface area contributed by atoms with Crippen molar-refractivity contribution in [1.82, 2.24) is 24.0 Å². The average molecular weight is 483 g/mol. The van der Waals surface area contributed by atoms with E-state index in [0.29, 0.717) is 35.1 Å². The fourth-order valence-corrected chi connectivity index (χ4v) is 4.58. The number of hydrogen-bond donors (Lipinski definition) is 1. The topological polar surface area (TPSA) is 79.2 Å². The second kappa shape index (κ2) is 9.08. The second-order valence-corrected chi connectivity index (χ2v) is 8.84. The van der Waals surface area contributed by atoms with Gasteiger partial charge in [-0.05, 0) is 35.9 Å². The van der Waals surface area contributed by atoms with Crippen LogP contribution in [-0.4, -0.2) is 50.2 Å². The first-order chi connectivity index (χ1) is 16.4. The number of hydrogen-bond acceptors (Lipinski definition) is 5. The molecule has 0 atom stereocenters. The van der Waals surface area contributed by atoms with E-state index in [1.807, 2.05) is 28.8 Å². The Bertz CT molecular complexity index is 1450. The summed E-state index contributed by atoms with van der Waals surface area (Å²) < 4.78 is 16.5. The predicted molar refractivity (Wildman–Crippen MR) is 130 cm³/mol. The number of benzene rings is 2. The van der Waals surface area contributed by atoms with Gasteiger partial charge in [-0.25, -0.2) is 14.2 Å². The molecule has 0 amide bonds. The van der Waals surface area contributed by atoms with Gasteiger partial charge in [-0.2, -0.15) is 0 Å². The van der Waals surface area contributed by atoms with Crippen LogP contribution in [0.4, 0.5) is 10.1 Å². The Kier molecular flexibility index (Phi) is 5.97. The molecule has 0 saturated carbocycles. The standard InChI is InChI=1S/C24H24ClFN6O2/c1-29-22-21(23(33)28-24(29)34)32(14-16-4-2-3-5-19(16)25)20(27-22)15-30-10-12-31(13-11-30)18-8-6-17(26)7-9-18/h2-9H,10-15H2,1H3,(H,28,33,34). The molecule has 1 fully saturated rings. The Labute approximate surface area is 199 Å². The molecule has 2 aromatic carbocycles. The molecule has 0 unspecified atom stereocenters. The van der Waals surface area contributed by atoms with Gasteiger partial charge in [0, 0.05) is 43.9 Å². The van der Waals surface area contributed by atoms with E-state index in [1.54, 1.807) is 19.2 Å². The molecule has 34 heavy (non-hydrogen) atoms. The summed E-state index contributed by atoms with van der Waals surface area (Å²) in [6, 6.07) is 14.0. The third kappa shape index (κ3) is 4.24. The fraction of sp³-hybridized carbons (Fsp3) is 0.292. The van der Waals surface area contributed by atoms with E-state index in [9.17, 15) is 14.0 Å². The first-order valence-corrected chi connectivity index (χ1v) is 11.4. The highest BCUT2D eigenvalue weighted by Crippen LogP contribution is 2.22. The van der Waals surface area contributed by atoms with Crippen LogP contribution in [0.2, 0.25) is 5.02 Å². The second-order valence-electron chi connectivity index (χ2n) is 8.44. The first-order valence-electron chi connectivity index (χ1n) is 11.1. The average Bonchev–Trinajstić information content (AvgIpc) is 3.18. The van der Waals surface area contributed by atoms with Crippen LogP contribution in [0.1, 0.15) is 11.4 Å². The number of piperazine rings is 1. The van der Waals surface area contributed by atoms with E-state index < -0.39 is 11.2 Å². The lowest BCUT2D eigenvalue weighted by atomic mass is 10.2. The van der Waals surface area contributed by atoms with Gasteiger partial charge in [0.25, 0.3) is 5.56 Å². The molecule has 1 aliphatic heterocycles. The summed E-state index contributed by atoms with van der Waals surface area (Å²) in [4.78, 5) is 36.5. The molecule has 3 heterocycles. The summed E-state index contributed by atoms with van der Waals surface area (Å²) in [7, 11) is 1.60. The van der Waals surface area contributed by atoms with Crippen LogP contribution in [0, 0.1) is 5.82 Å². The maximum absolute atomic E-state index is 13.3. The molecule has 0 aliphatic carbocycles. The number of nitrogens with one attached hydrogen (secondary N) is 1. The van der Waals surface area contributed by atoms with E-state index in [4.69, 9.17) is 16.6 Å². The van der Waals surface area contributed by atoms with Gasteiger partial charge in [0.2, 0.25) is 0 Å². The van der Waals surface area contributed by atoms with Gasteiger partial charge in [0.1, 0.15) is 11.6 Å². The van der Waals surface area contributed by atoms with Gasteiger partial charge in [0.05, 0.1) is 13.1 Å². The summed E-state index contributed by atoms with van der Waals surface area (Å²) in [5, 5.41) is 0.601. The van der Waals surface area contributed by atoms with Crippen molar-refractivity contribution < 1.29 is 4.39 Å². The normalized spacial score (nSPS) is 14.7. The highest BCUT2D eigenvalue weighted by atomic mass is 35.5. The van der Waals surface area contributed by atoms with Crippen molar-refractivity contribution in [3.63, 3.8) is 0 Å². The van der Waals surface area contributed by atoms with Gasteiger partial charge < -0.3 is 9.47 Å². The number of aromatic amines is 1. The van der Waals surface area contributed by atoms with Crippen molar-refractivity contribution in [2.75, 3.05) is 31.1 Å². The smallest absolute Gasteiger partial charge is 0.329 e. The van der Waals surface area contributed by atoms with Crippen molar-refractivity contribution >= 4 is 28.5 Å². The molecule has 0 radical (unpaired) electrons. The van der Waals surface area contributed by atoms with Gasteiger partial charge in [-0.1, -0.05) is 29.8 Å². The number of aromatic nitrogens is 4. The lowest BCUT2D eigenvalue weighted by molar-refractivity contribution is 0.241. The van der Waals surface area contributed by atoms with Crippen LogP contribution in [0.25, 0.3) is 11.2 Å². The molecular formula is C24H24ClFN6O2. The zero-order valence-corrected chi connectivity index (χ0v) is 19.4. The van der Waals surface area contributed by atoms with Crippen molar-refractivity contribution in [2.24, 2.45) is 7.05 Å². The lowest BCUT2D eigenvalue weighted by Gasteiger charge is -2.36. The monoisotopic (exact) mass is 482 g/mol. The molecule has 1 N–H and O–H groups in total. The lowest BCUT2D eigenvalue weighted by Crippen LogP contribution is -2.46. The van der Waals surface area contributed by atoms with Gasteiger partial charge in [-0.3, -0.25) is 19.2 Å². The quantitative estimate of drug-likeness (QED) is 0.473. The molecule has 1 saturated heterocycles. The Morgan fingerprint density at radius 2 is 1.71 bits per heavy atom. The minimum absolute atomic E-state index is 0.246. The third-order valence-corrected chi connectivity index (χ3v) is 6.67. The van der Waals surface area contributed by atoms with Crippen molar-refractivity contribution in [3.05, 3.63) is 91.6 Å². The molecule has 4 aromatic rings. The zero-order valence-electron chi connectivity index (χ0n) is 18.7. The summed E-state index contributed by atoms with van der Waals surface area (Å²) in [5.74, 6) is 0.445. The molecule has 1 aliphatic rings. The first kappa shape index (κ1) is 22.4. The number of imidazole rings is 1. The van der Waals surface area contributed by atoms with E-state index >= 15 is 0 Å². The Morgan fingerprint density at radius 1 is 1.00 bits per heavy atom. The van der Waals surface area contributed by atoms with Crippen LogP contribution in [0.3, 0.4) is 0 Å². The summed E-state index contributed by atoms with van der Waals surface area (Å²) >= 11 is 6.40. The zero-order chi connectivity index (χ0) is 23.8. The number of rotatable bonds is 5. The summed E-state index contributed by atoms with van der Waals surface area (Å²) in [6.07, 6.45) is 0. The van der Waals surface area contributed by atoms with Crippen LogP contribution in [0.5, 0.6) is 0 Å². The van der Waals surface area contributed by atoms with Crippen molar-refractivity contribution in [2.45, 2.75) is 13.1 Å². The van der Waals surface area contributed by atoms with Gasteiger partial charge in [0.15, 0.2) is 11.2 Å². The van der Waals surface area contributed by atoms with Crippen molar-refractivity contribution in [1.29, 1.82) is 0 Å². The number of H-pyrrole nitrogens is 1. The van der Waals surface area contributed by atoms with E-state index in [-0.39, 0.29) is 5.82 Å². The Hall–Kier alpha value is -3.43. The Morgan fingerprint density at radius 3 is 2.41 bits per heavy atom. The molecule has 8 nitrogen and oxygen atoms in total. The molecule has 176 valence electrons. The number of aryl methyl sites for hydroxylation is 1. The predicted octanol–water partition coefficient (Wildman–Crippen LogP) is 2.59. The summed E-state index contributed by atoms with van der Waals surface area (Å²) in [6.45, 7) is 4.02. The number of halogens is 2. The van der Waals surface area contributed by atoms with E-state index in [2.05, 4.69) is 14.8 Å². The number of fused-ring (bicyclic) bond motifs is 1. The largest absolute Gasteiger partial charge is 0.369 e. The minimum Gasteiger partial charge on any atom is -0.369 e. The Balaban J connectivity index is 1.45. The molecule has 0 spiro atoms. The SMILES string of the molecule is Cn1c(=O)[nH]c(=O)c2c1nc(CN1CCN(c3ccc(F)cc3)CC1)n2Cc1ccccc1Cl. The molecule has 10 heteroatoms. The minimum atomic E-state index is -0.501. The highest BCUT2D eigenvalue weighted by Gasteiger charge is 2.23. The number of anilines is 1. The van der Waals surface area contributed by atoms with Crippen LogP contribution in [-0.2, 0) is 20.1 Å². The highest BCUT2D eigenvalue weighted by molar-refractivity contribution is 6.31. The molecule has 5 rings (SSSR count). The van der Waals surface area contributed by atoms with Crippen LogP contribution < -0.4 is 16.1 Å². The maximum Gasteiger partial charge on any atom is 0.329 e. The van der Waals surface area contributed by atoms with Crippen LogP contribution in [0.15, 0.2) is 58.1 Å². The molecular weight excluding hydrogens is 459 g/mol. The number of nitrogens with zero attached hydrogens (tertiary/aromatic N) is 5. The summed E-state index contributed by atoms with van der Waals surface area (Å²) in [5.41, 5.74) is 1.58.